The number of ether oxygens (including phenoxy) is 2. The zero-order valence-corrected chi connectivity index (χ0v) is 16.3. The molecular weight excluding hydrogens is 372 g/mol. The SMILES string of the molecule is CCOC(=O)c1c(C)sc2c1OC(N)=C(C#N)C2c1cccc2ccccc12. The molecule has 0 bridgehead atoms. The molecule has 1 unspecified atom stereocenters. The van der Waals surface area contributed by atoms with E-state index in [1.165, 1.54) is 11.3 Å². The van der Waals surface area contributed by atoms with E-state index in [1.54, 1.807) is 6.92 Å². The number of nitriles is 1. The van der Waals surface area contributed by atoms with Crippen molar-refractivity contribution in [1.82, 2.24) is 0 Å². The van der Waals surface area contributed by atoms with Crippen LogP contribution in [0.15, 0.2) is 53.9 Å². The fraction of sp³-hybridized carbons (Fsp3) is 0.182. The molecule has 0 aliphatic carbocycles. The Kier molecular flexibility index (Phi) is 4.54. The highest BCUT2D eigenvalue weighted by molar-refractivity contribution is 7.12. The number of hydrogen-bond donors (Lipinski definition) is 1. The average Bonchev–Trinajstić information content (AvgIpc) is 3.02. The molecule has 0 amide bonds. The van der Waals surface area contributed by atoms with Crippen molar-refractivity contribution in [3.63, 3.8) is 0 Å². The number of nitrogens with zero attached hydrogens (tertiary/aromatic N) is 1. The van der Waals surface area contributed by atoms with E-state index in [0.717, 1.165) is 26.1 Å². The maximum Gasteiger partial charge on any atom is 0.343 e. The van der Waals surface area contributed by atoms with Crippen LogP contribution in [-0.2, 0) is 4.74 Å². The number of benzene rings is 2. The van der Waals surface area contributed by atoms with E-state index in [4.69, 9.17) is 15.2 Å². The largest absolute Gasteiger partial charge is 0.462 e. The van der Waals surface area contributed by atoms with E-state index in [2.05, 4.69) is 6.07 Å². The Balaban J connectivity index is 1.99. The third kappa shape index (κ3) is 2.72. The van der Waals surface area contributed by atoms with E-state index in [9.17, 15) is 10.1 Å². The van der Waals surface area contributed by atoms with Gasteiger partial charge in [-0.25, -0.2) is 4.79 Å². The molecule has 1 aromatic heterocycles. The summed E-state index contributed by atoms with van der Waals surface area (Å²) in [4.78, 5) is 14.1. The highest BCUT2D eigenvalue weighted by atomic mass is 32.1. The lowest BCUT2D eigenvalue weighted by Crippen LogP contribution is -2.21. The van der Waals surface area contributed by atoms with Crippen molar-refractivity contribution in [2.45, 2.75) is 19.8 Å². The molecule has 3 aromatic rings. The van der Waals surface area contributed by atoms with Gasteiger partial charge in [-0.15, -0.1) is 11.3 Å². The Morgan fingerprint density at radius 1 is 1.29 bits per heavy atom. The number of aryl methyl sites for hydroxylation is 1. The van der Waals surface area contributed by atoms with Crippen molar-refractivity contribution in [1.29, 1.82) is 5.26 Å². The molecule has 0 fully saturated rings. The highest BCUT2D eigenvalue weighted by Crippen LogP contribution is 2.50. The fourth-order valence-electron chi connectivity index (χ4n) is 3.63. The second kappa shape index (κ2) is 7.02. The van der Waals surface area contributed by atoms with Crippen LogP contribution in [0.5, 0.6) is 5.75 Å². The first-order chi connectivity index (χ1) is 13.6. The van der Waals surface area contributed by atoms with Gasteiger partial charge >= 0.3 is 5.97 Å². The van der Waals surface area contributed by atoms with Crippen molar-refractivity contribution in [2.24, 2.45) is 5.73 Å². The molecule has 1 aliphatic heterocycles. The van der Waals surface area contributed by atoms with Gasteiger partial charge in [-0.1, -0.05) is 42.5 Å². The molecule has 2 N–H and O–H groups in total. The summed E-state index contributed by atoms with van der Waals surface area (Å²) in [5.74, 6) is -0.416. The number of carbonyl (C=O) groups excluding carboxylic acids is 1. The van der Waals surface area contributed by atoms with Gasteiger partial charge in [0.05, 0.1) is 17.4 Å². The van der Waals surface area contributed by atoms with Gasteiger partial charge in [0.25, 0.3) is 0 Å². The molecule has 0 saturated carbocycles. The average molecular weight is 390 g/mol. The molecule has 140 valence electrons. The number of nitrogens with two attached hydrogens (primary N) is 1. The summed E-state index contributed by atoms with van der Waals surface area (Å²) in [6, 6.07) is 16.2. The van der Waals surface area contributed by atoms with Gasteiger partial charge in [-0.3, -0.25) is 0 Å². The normalized spacial score (nSPS) is 15.7. The van der Waals surface area contributed by atoms with E-state index >= 15 is 0 Å². The van der Waals surface area contributed by atoms with Gasteiger partial charge in [-0.2, -0.15) is 5.26 Å². The first-order valence-corrected chi connectivity index (χ1v) is 9.74. The quantitative estimate of drug-likeness (QED) is 0.660. The topological polar surface area (TPSA) is 85.3 Å². The Bertz CT molecular complexity index is 1160. The molecule has 5 nitrogen and oxygen atoms in total. The third-order valence-electron chi connectivity index (χ3n) is 4.83. The third-order valence-corrected chi connectivity index (χ3v) is 5.98. The standard InChI is InChI=1S/C22H18N2O3S/c1-3-26-22(25)17-12(2)28-20-18(16(11-23)21(24)27-19(17)20)15-10-6-8-13-7-4-5-9-14(13)15/h4-10,18H,3,24H2,1-2H3. The van der Waals surface area contributed by atoms with Crippen molar-refractivity contribution in [3.8, 4) is 11.8 Å². The minimum atomic E-state index is -0.442. The van der Waals surface area contributed by atoms with Crippen LogP contribution in [0.25, 0.3) is 10.8 Å². The second-order valence-electron chi connectivity index (χ2n) is 6.44. The van der Waals surface area contributed by atoms with Crippen LogP contribution in [0.1, 0.15) is 38.5 Å². The summed E-state index contributed by atoms with van der Waals surface area (Å²) >= 11 is 1.44. The molecule has 6 heteroatoms. The smallest absolute Gasteiger partial charge is 0.343 e. The zero-order valence-electron chi connectivity index (χ0n) is 15.5. The van der Waals surface area contributed by atoms with E-state index in [1.807, 2.05) is 49.4 Å². The summed E-state index contributed by atoms with van der Waals surface area (Å²) in [7, 11) is 0. The monoisotopic (exact) mass is 390 g/mol. The molecule has 2 heterocycles. The van der Waals surface area contributed by atoms with Crippen LogP contribution in [0, 0.1) is 18.3 Å². The van der Waals surface area contributed by atoms with Crippen LogP contribution in [0.2, 0.25) is 0 Å². The lowest BCUT2D eigenvalue weighted by atomic mass is 9.85. The number of carbonyl (C=O) groups is 1. The fourth-order valence-corrected chi connectivity index (χ4v) is 4.84. The first kappa shape index (κ1) is 18.1. The number of esters is 1. The maximum atomic E-state index is 12.5. The highest BCUT2D eigenvalue weighted by Gasteiger charge is 2.37. The predicted molar refractivity (Wildman–Crippen MR) is 108 cm³/mol. The van der Waals surface area contributed by atoms with Gasteiger partial charge in [0.15, 0.2) is 5.75 Å². The summed E-state index contributed by atoms with van der Waals surface area (Å²) in [5, 5.41) is 11.9. The van der Waals surface area contributed by atoms with E-state index in [-0.39, 0.29) is 12.5 Å². The number of fused-ring (bicyclic) bond motifs is 2. The van der Waals surface area contributed by atoms with Crippen LogP contribution < -0.4 is 10.5 Å². The van der Waals surface area contributed by atoms with Crippen LogP contribution in [-0.4, -0.2) is 12.6 Å². The summed E-state index contributed by atoms with van der Waals surface area (Å²) in [5.41, 5.74) is 7.80. The Morgan fingerprint density at radius 3 is 2.79 bits per heavy atom. The zero-order chi connectivity index (χ0) is 19.8. The summed E-state index contributed by atoms with van der Waals surface area (Å²) in [6.45, 7) is 3.87. The van der Waals surface area contributed by atoms with Crippen molar-refractivity contribution in [3.05, 3.63) is 74.8 Å². The van der Waals surface area contributed by atoms with Crippen molar-refractivity contribution >= 4 is 28.1 Å². The molecule has 2 aromatic carbocycles. The molecule has 0 spiro atoms. The minimum Gasteiger partial charge on any atom is -0.462 e. The van der Waals surface area contributed by atoms with E-state index in [0.29, 0.717) is 16.9 Å². The number of allylic oxidation sites excluding steroid dienone is 1. The van der Waals surface area contributed by atoms with Crippen LogP contribution in [0.3, 0.4) is 0 Å². The van der Waals surface area contributed by atoms with Gasteiger partial charge in [0.1, 0.15) is 17.2 Å². The first-order valence-electron chi connectivity index (χ1n) is 8.92. The summed E-state index contributed by atoms with van der Waals surface area (Å²) in [6.07, 6.45) is 0. The molecular formula is C22H18N2O3S. The van der Waals surface area contributed by atoms with Gasteiger partial charge in [0.2, 0.25) is 5.88 Å². The molecule has 0 saturated heterocycles. The van der Waals surface area contributed by atoms with Crippen molar-refractivity contribution in [2.75, 3.05) is 6.61 Å². The van der Waals surface area contributed by atoms with Gasteiger partial charge in [0, 0.05) is 4.88 Å². The predicted octanol–water partition coefficient (Wildman–Crippen LogP) is 4.60. The minimum absolute atomic E-state index is 0.0243. The molecule has 1 aliphatic rings. The van der Waals surface area contributed by atoms with Crippen LogP contribution >= 0.6 is 11.3 Å². The van der Waals surface area contributed by atoms with Crippen molar-refractivity contribution < 1.29 is 14.3 Å². The lowest BCUT2D eigenvalue weighted by molar-refractivity contribution is 0.0522. The Hall–Kier alpha value is -3.30. The second-order valence-corrected chi connectivity index (χ2v) is 7.70. The molecule has 4 rings (SSSR count). The van der Waals surface area contributed by atoms with Gasteiger partial charge in [-0.05, 0) is 30.2 Å². The molecule has 0 radical (unpaired) electrons. The lowest BCUT2D eigenvalue weighted by Gasteiger charge is -2.25. The van der Waals surface area contributed by atoms with Gasteiger partial charge < -0.3 is 15.2 Å². The maximum absolute atomic E-state index is 12.5. The summed E-state index contributed by atoms with van der Waals surface area (Å²) < 4.78 is 11.0. The molecule has 1 atom stereocenters. The van der Waals surface area contributed by atoms with Crippen LogP contribution in [0.4, 0.5) is 0 Å². The Morgan fingerprint density at radius 2 is 2.04 bits per heavy atom. The molecule has 28 heavy (non-hydrogen) atoms. The Labute approximate surface area is 166 Å². The number of hydrogen-bond acceptors (Lipinski definition) is 6. The number of thiophene rings is 1. The van der Waals surface area contributed by atoms with E-state index < -0.39 is 11.9 Å². The number of rotatable bonds is 3.